The Bertz CT molecular complexity index is 898. The first-order valence-electron chi connectivity index (χ1n) is 9.21. The van der Waals surface area contributed by atoms with Gasteiger partial charge in [0.15, 0.2) is 0 Å². The van der Waals surface area contributed by atoms with Gasteiger partial charge in [0.2, 0.25) is 6.41 Å². The van der Waals surface area contributed by atoms with Gasteiger partial charge in [0, 0.05) is 17.7 Å². The molecule has 0 saturated carbocycles. The fourth-order valence-corrected chi connectivity index (χ4v) is 3.56. The molecule has 0 aliphatic carbocycles. The van der Waals surface area contributed by atoms with Crippen molar-refractivity contribution in [3.63, 3.8) is 0 Å². The van der Waals surface area contributed by atoms with Crippen molar-refractivity contribution in [3.8, 4) is 16.9 Å². The summed E-state index contributed by atoms with van der Waals surface area (Å²) >= 11 is 0. The van der Waals surface area contributed by atoms with E-state index in [9.17, 15) is 22.7 Å². The maximum atomic E-state index is 14.4. The Kier molecular flexibility index (Phi) is 5.89. The number of rotatable bonds is 4. The van der Waals surface area contributed by atoms with Gasteiger partial charge in [-0.1, -0.05) is 19.9 Å². The average molecular weight is 413 g/mol. The molecule has 0 amide bonds. The van der Waals surface area contributed by atoms with Crippen molar-refractivity contribution in [2.24, 2.45) is 0 Å². The van der Waals surface area contributed by atoms with Gasteiger partial charge in [-0.3, -0.25) is 5.32 Å². The van der Waals surface area contributed by atoms with Crippen LogP contribution in [0.4, 0.5) is 17.6 Å². The van der Waals surface area contributed by atoms with Crippen LogP contribution in [0.3, 0.4) is 0 Å². The van der Waals surface area contributed by atoms with Gasteiger partial charge >= 0.3 is 6.18 Å². The second-order valence-electron chi connectivity index (χ2n) is 7.39. The van der Waals surface area contributed by atoms with Gasteiger partial charge in [-0.05, 0) is 47.7 Å². The normalized spacial score (nSPS) is 22.3. The van der Waals surface area contributed by atoms with Crippen LogP contribution in [0, 0.1) is 5.82 Å². The Balaban J connectivity index is 2.25. The maximum Gasteiger partial charge on any atom is 0.416 e. The van der Waals surface area contributed by atoms with E-state index < -0.39 is 36.1 Å². The zero-order valence-electron chi connectivity index (χ0n) is 16.5. The van der Waals surface area contributed by atoms with Gasteiger partial charge in [-0.2, -0.15) is 13.2 Å². The highest BCUT2D eigenvalue weighted by molar-refractivity contribution is 5.75. The van der Waals surface area contributed by atoms with E-state index in [1.807, 2.05) is 13.8 Å². The van der Waals surface area contributed by atoms with Crippen LogP contribution in [-0.2, 0) is 10.9 Å². The summed E-state index contributed by atoms with van der Waals surface area (Å²) < 4.78 is 65.2. The standard InChI is InChI=1S/C21H23F4NO3/c1-10(2)14-8-15(18(28-4)9-17(14)22)13-6-5-12(21(23,24)25)7-16(13)19-11(3)26-20(27)29-19/h5-11,19-20,26-27H,1-4H3/t11-,19+,20?/m1/s1. The fourth-order valence-electron chi connectivity index (χ4n) is 3.56. The molecule has 158 valence electrons. The fraction of sp³-hybridized carbons (Fsp3) is 0.429. The molecule has 2 N–H and O–H groups in total. The van der Waals surface area contributed by atoms with Crippen molar-refractivity contribution in [3.05, 3.63) is 52.8 Å². The highest BCUT2D eigenvalue weighted by Crippen LogP contribution is 2.43. The molecule has 1 fully saturated rings. The molecule has 1 aliphatic rings. The second kappa shape index (κ2) is 7.93. The minimum absolute atomic E-state index is 0.136. The summed E-state index contributed by atoms with van der Waals surface area (Å²) in [7, 11) is 1.37. The molecule has 1 aliphatic heterocycles. The van der Waals surface area contributed by atoms with E-state index in [4.69, 9.17) is 9.47 Å². The van der Waals surface area contributed by atoms with Gasteiger partial charge in [0.25, 0.3) is 0 Å². The van der Waals surface area contributed by atoms with Crippen LogP contribution in [0.5, 0.6) is 5.75 Å². The van der Waals surface area contributed by atoms with Crippen molar-refractivity contribution in [1.29, 1.82) is 0 Å². The third-order valence-corrected chi connectivity index (χ3v) is 5.05. The van der Waals surface area contributed by atoms with Gasteiger partial charge in [-0.15, -0.1) is 0 Å². The highest BCUT2D eigenvalue weighted by atomic mass is 19.4. The van der Waals surface area contributed by atoms with E-state index in [-0.39, 0.29) is 17.2 Å². The molecule has 8 heteroatoms. The second-order valence-corrected chi connectivity index (χ2v) is 7.39. The predicted octanol–water partition coefficient (Wildman–Crippen LogP) is 4.97. The van der Waals surface area contributed by atoms with Gasteiger partial charge < -0.3 is 14.6 Å². The Labute approximate surface area is 166 Å². The molecule has 2 aromatic rings. The number of nitrogens with one attached hydrogen (secondary N) is 1. The van der Waals surface area contributed by atoms with Crippen molar-refractivity contribution in [2.75, 3.05) is 7.11 Å². The molecule has 0 aromatic heterocycles. The van der Waals surface area contributed by atoms with Crippen LogP contribution < -0.4 is 10.1 Å². The van der Waals surface area contributed by atoms with Crippen molar-refractivity contribution >= 4 is 0 Å². The molecule has 1 unspecified atom stereocenters. The molecule has 1 heterocycles. The van der Waals surface area contributed by atoms with Gasteiger partial charge in [0.05, 0.1) is 12.7 Å². The minimum atomic E-state index is -4.54. The third kappa shape index (κ3) is 4.24. The summed E-state index contributed by atoms with van der Waals surface area (Å²) in [6, 6.07) is 5.70. The lowest BCUT2D eigenvalue weighted by atomic mass is 9.89. The molecular formula is C21H23F4NO3. The monoisotopic (exact) mass is 413 g/mol. The first kappa shape index (κ1) is 21.5. The topological polar surface area (TPSA) is 50.7 Å². The van der Waals surface area contributed by atoms with E-state index in [2.05, 4.69) is 5.32 Å². The summed E-state index contributed by atoms with van der Waals surface area (Å²) in [6.07, 6.45) is -6.67. The zero-order chi connectivity index (χ0) is 21.5. The molecule has 3 rings (SSSR count). The molecule has 0 radical (unpaired) electrons. The quantitative estimate of drug-likeness (QED) is 0.695. The Morgan fingerprint density at radius 1 is 1.14 bits per heavy atom. The van der Waals surface area contributed by atoms with Crippen LogP contribution in [0.25, 0.3) is 11.1 Å². The van der Waals surface area contributed by atoms with Crippen LogP contribution >= 0.6 is 0 Å². The van der Waals surface area contributed by atoms with Gasteiger partial charge in [0.1, 0.15) is 17.7 Å². The molecule has 1 saturated heterocycles. The van der Waals surface area contributed by atoms with E-state index in [1.54, 1.807) is 13.0 Å². The lowest BCUT2D eigenvalue weighted by Gasteiger charge is -2.22. The van der Waals surface area contributed by atoms with Crippen molar-refractivity contribution < 1.29 is 32.1 Å². The maximum absolute atomic E-state index is 14.4. The van der Waals surface area contributed by atoms with Crippen LogP contribution in [0.1, 0.15) is 49.5 Å². The zero-order valence-corrected chi connectivity index (χ0v) is 16.5. The third-order valence-electron chi connectivity index (χ3n) is 5.05. The van der Waals surface area contributed by atoms with E-state index in [0.717, 1.165) is 12.1 Å². The largest absolute Gasteiger partial charge is 0.496 e. The molecule has 2 aromatic carbocycles. The van der Waals surface area contributed by atoms with Crippen LogP contribution in [0.15, 0.2) is 30.3 Å². The van der Waals surface area contributed by atoms with Gasteiger partial charge in [-0.25, -0.2) is 4.39 Å². The van der Waals surface area contributed by atoms with Crippen LogP contribution in [0.2, 0.25) is 0 Å². The highest BCUT2D eigenvalue weighted by Gasteiger charge is 2.37. The number of hydrogen-bond donors (Lipinski definition) is 2. The number of benzene rings is 2. The molecular weight excluding hydrogens is 390 g/mol. The number of aliphatic hydroxyl groups is 1. The van der Waals surface area contributed by atoms with Crippen molar-refractivity contribution in [1.82, 2.24) is 5.32 Å². The summed E-state index contributed by atoms with van der Waals surface area (Å²) in [5.74, 6) is -0.383. The number of methoxy groups -OCH3 is 1. The lowest BCUT2D eigenvalue weighted by Crippen LogP contribution is -2.28. The molecule has 3 atom stereocenters. The molecule has 29 heavy (non-hydrogen) atoms. The summed E-state index contributed by atoms with van der Waals surface area (Å²) in [5, 5.41) is 12.5. The number of hydrogen-bond acceptors (Lipinski definition) is 4. The number of aliphatic hydroxyl groups excluding tert-OH is 1. The Morgan fingerprint density at radius 3 is 2.34 bits per heavy atom. The SMILES string of the molecule is COc1cc(F)c(C(C)C)cc1-c1ccc(C(F)(F)F)cc1[C@H]1OC(O)N[C@@H]1C. The number of ether oxygens (including phenoxy) is 2. The van der Waals surface area contributed by atoms with E-state index >= 15 is 0 Å². The van der Waals surface area contributed by atoms with Crippen LogP contribution in [-0.4, -0.2) is 24.7 Å². The van der Waals surface area contributed by atoms with E-state index in [0.29, 0.717) is 16.7 Å². The van der Waals surface area contributed by atoms with E-state index in [1.165, 1.54) is 19.2 Å². The number of halogens is 4. The summed E-state index contributed by atoms with van der Waals surface area (Å²) in [5.41, 5.74) is 0.697. The molecule has 4 nitrogen and oxygen atoms in total. The van der Waals surface area contributed by atoms with Crippen molar-refractivity contribution in [2.45, 2.75) is 51.4 Å². The first-order chi connectivity index (χ1) is 13.5. The summed E-state index contributed by atoms with van der Waals surface area (Å²) in [4.78, 5) is 0. The minimum Gasteiger partial charge on any atom is -0.496 e. The first-order valence-corrected chi connectivity index (χ1v) is 9.21. The Hall–Kier alpha value is -2.16. The number of alkyl halides is 3. The smallest absolute Gasteiger partial charge is 0.416 e. The lowest BCUT2D eigenvalue weighted by molar-refractivity contribution is -0.137. The molecule has 0 bridgehead atoms. The predicted molar refractivity (Wildman–Crippen MR) is 99.9 cm³/mol. The molecule has 0 spiro atoms. The average Bonchev–Trinajstić information content (AvgIpc) is 2.98. The Morgan fingerprint density at radius 2 is 1.83 bits per heavy atom. The summed E-state index contributed by atoms with van der Waals surface area (Å²) in [6.45, 7) is 5.35.